The molecule has 0 aliphatic heterocycles. The van der Waals surface area contributed by atoms with Gasteiger partial charge in [0, 0.05) is 17.3 Å². The van der Waals surface area contributed by atoms with Gasteiger partial charge in [0.05, 0.1) is 0 Å². The molecule has 2 unspecified atom stereocenters. The van der Waals surface area contributed by atoms with E-state index in [0.29, 0.717) is 12.1 Å². The average Bonchev–Trinajstić information content (AvgIpc) is 2.83. The largest absolute Gasteiger partial charge is 0.360 e. The summed E-state index contributed by atoms with van der Waals surface area (Å²) in [4.78, 5) is 0. The molecule has 0 aromatic rings. The highest BCUT2D eigenvalue weighted by atomic mass is 32.2. The van der Waals surface area contributed by atoms with E-state index in [1.165, 1.54) is 25.7 Å². The summed E-state index contributed by atoms with van der Waals surface area (Å²) in [5.74, 6) is 0. The fraction of sp³-hybridized carbons (Fsp3) is 0.889. The van der Waals surface area contributed by atoms with Crippen molar-refractivity contribution in [3.05, 3.63) is 0 Å². The third kappa shape index (κ3) is 2.50. The number of hydrogen-bond donors (Lipinski definition) is 2. The van der Waals surface area contributed by atoms with Crippen LogP contribution in [0.5, 0.6) is 0 Å². The number of thioether (sulfide) groups is 1. The molecule has 2 rings (SSSR count). The maximum atomic E-state index is 5.22. The van der Waals surface area contributed by atoms with Crippen LogP contribution in [0.1, 0.15) is 25.7 Å². The van der Waals surface area contributed by atoms with E-state index in [4.69, 9.17) is 12.2 Å². The second-order valence-corrected chi connectivity index (χ2v) is 5.34. The Morgan fingerprint density at radius 1 is 1.23 bits per heavy atom. The zero-order chi connectivity index (χ0) is 9.26. The van der Waals surface area contributed by atoms with E-state index in [9.17, 15) is 0 Å². The van der Waals surface area contributed by atoms with Gasteiger partial charge in [-0.2, -0.15) is 11.8 Å². The van der Waals surface area contributed by atoms with E-state index in [1.54, 1.807) is 0 Å². The van der Waals surface area contributed by atoms with Gasteiger partial charge >= 0.3 is 0 Å². The van der Waals surface area contributed by atoms with Gasteiger partial charge in [-0.3, -0.25) is 0 Å². The smallest absolute Gasteiger partial charge is 0.166 e. The first-order chi connectivity index (χ1) is 6.29. The SMILES string of the molecule is CSC1CCC1NC(=S)NC1CC1. The van der Waals surface area contributed by atoms with Gasteiger partial charge in [-0.25, -0.2) is 0 Å². The van der Waals surface area contributed by atoms with Crippen molar-refractivity contribution >= 4 is 29.1 Å². The van der Waals surface area contributed by atoms with Gasteiger partial charge in [0.15, 0.2) is 5.11 Å². The second kappa shape index (κ2) is 4.05. The Hall–Kier alpha value is 0.0400. The Morgan fingerprint density at radius 2 is 2.00 bits per heavy atom. The molecule has 0 spiro atoms. The summed E-state index contributed by atoms with van der Waals surface area (Å²) < 4.78 is 0. The second-order valence-electron chi connectivity index (χ2n) is 3.85. The number of hydrogen-bond acceptors (Lipinski definition) is 2. The predicted octanol–water partition coefficient (Wildman–Crippen LogP) is 1.51. The van der Waals surface area contributed by atoms with Gasteiger partial charge in [0.1, 0.15) is 0 Å². The molecule has 74 valence electrons. The molecule has 2 aliphatic carbocycles. The van der Waals surface area contributed by atoms with Gasteiger partial charge < -0.3 is 10.6 Å². The summed E-state index contributed by atoms with van der Waals surface area (Å²) in [6, 6.07) is 1.29. The van der Waals surface area contributed by atoms with Crippen LogP contribution in [0.3, 0.4) is 0 Å². The molecular weight excluding hydrogens is 200 g/mol. The minimum atomic E-state index is 0.619. The molecule has 13 heavy (non-hydrogen) atoms. The fourth-order valence-corrected chi connectivity index (χ4v) is 2.76. The molecule has 0 aromatic heterocycles. The van der Waals surface area contributed by atoms with Crippen molar-refractivity contribution < 1.29 is 0 Å². The third-order valence-corrected chi connectivity index (χ3v) is 4.15. The molecule has 4 heteroatoms. The van der Waals surface area contributed by atoms with Crippen LogP contribution in [0.2, 0.25) is 0 Å². The topological polar surface area (TPSA) is 24.1 Å². The third-order valence-electron chi connectivity index (χ3n) is 2.74. The highest BCUT2D eigenvalue weighted by Gasteiger charge is 2.31. The lowest BCUT2D eigenvalue weighted by Gasteiger charge is -2.36. The van der Waals surface area contributed by atoms with Crippen molar-refractivity contribution in [1.29, 1.82) is 0 Å². The Kier molecular flexibility index (Phi) is 2.99. The van der Waals surface area contributed by atoms with E-state index in [1.807, 2.05) is 11.8 Å². The maximum Gasteiger partial charge on any atom is 0.166 e. The van der Waals surface area contributed by atoms with Crippen LogP contribution < -0.4 is 10.6 Å². The Balaban J connectivity index is 1.67. The average molecular weight is 216 g/mol. The van der Waals surface area contributed by atoms with Crippen LogP contribution in [-0.4, -0.2) is 28.7 Å². The van der Waals surface area contributed by atoms with Crippen LogP contribution in [0.15, 0.2) is 0 Å². The van der Waals surface area contributed by atoms with Gasteiger partial charge in [-0.05, 0) is 44.2 Å². The van der Waals surface area contributed by atoms with Crippen molar-refractivity contribution in [3.8, 4) is 0 Å². The van der Waals surface area contributed by atoms with Gasteiger partial charge in [0.2, 0.25) is 0 Å². The van der Waals surface area contributed by atoms with Crippen LogP contribution in [-0.2, 0) is 0 Å². The van der Waals surface area contributed by atoms with Gasteiger partial charge in [-0.15, -0.1) is 0 Å². The Bertz CT molecular complexity index is 202. The normalized spacial score (nSPS) is 32.1. The lowest BCUT2D eigenvalue weighted by Crippen LogP contribution is -2.52. The van der Waals surface area contributed by atoms with Crippen molar-refractivity contribution in [2.24, 2.45) is 0 Å². The van der Waals surface area contributed by atoms with Crippen LogP contribution in [0, 0.1) is 0 Å². The van der Waals surface area contributed by atoms with Gasteiger partial charge in [-0.1, -0.05) is 0 Å². The van der Waals surface area contributed by atoms with E-state index < -0.39 is 0 Å². The summed E-state index contributed by atoms with van der Waals surface area (Å²) in [6.07, 6.45) is 7.37. The molecule has 0 amide bonds. The molecule has 0 saturated heterocycles. The van der Waals surface area contributed by atoms with E-state index in [0.717, 1.165) is 10.4 Å². The molecule has 2 saturated carbocycles. The summed E-state index contributed by atoms with van der Waals surface area (Å²) in [7, 11) is 0. The van der Waals surface area contributed by atoms with Gasteiger partial charge in [0.25, 0.3) is 0 Å². The van der Waals surface area contributed by atoms with Crippen molar-refractivity contribution in [2.75, 3.05) is 6.26 Å². The molecule has 2 atom stereocenters. The number of rotatable bonds is 3. The summed E-state index contributed by atoms with van der Waals surface area (Å²) in [5, 5.41) is 8.34. The minimum Gasteiger partial charge on any atom is -0.360 e. The maximum absolute atomic E-state index is 5.22. The quantitative estimate of drug-likeness (QED) is 0.698. The summed E-state index contributed by atoms with van der Waals surface area (Å²) in [5.41, 5.74) is 0. The number of thiocarbonyl (C=S) groups is 1. The standard InChI is InChI=1S/C9H16N2S2/c1-13-8-5-4-7(8)11-9(12)10-6-2-3-6/h6-8H,2-5H2,1H3,(H2,10,11,12). The first kappa shape index (κ1) is 9.59. The molecule has 2 N–H and O–H groups in total. The van der Waals surface area contributed by atoms with E-state index in [-0.39, 0.29) is 0 Å². The predicted molar refractivity (Wildman–Crippen MR) is 62.2 cm³/mol. The lowest BCUT2D eigenvalue weighted by atomic mass is 9.92. The highest BCUT2D eigenvalue weighted by Crippen LogP contribution is 2.30. The Morgan fingerprint density at radius 3 is 2.46 bits per heavy atom. The van der Waals surface area contributed by atoms with Crippen LogP contribution >= 0.6 is 24.0 Å². The van der Waals surface area contributed by atoms with E-state index in [2.05, 4.69) is 16.9 Å². The first-order valence-electron chi connectivity index (χ1n) is 4.89. The molecule has 2 fully saturated rings. The molecule has 0 bridgehead atoms. The first-order valence-corrected chi connectivity index (χ1v) is 6.59. The van der Waals surface area contributed by atoms with Crippen LogP contribution in [0.4, 0.5) is 0 Å². The lowest BCUT2D eigenvalue weighted by molar-refractivity contribution is 0.397. The molecule has 2 aliphatic rings. The molecule has 2 nitrogen and oxygen atoms in total. The van der Waals surface area contributed by atoms with Crippen molar-refractivity contribution in [3.63, 3.8) is 0 Å². The minimum absolute atomic E-state index is 0.619. The fourth-order valence-electron chi connectivity index (χ4n) is 1.54. The zero-order valence-electron chi connectivity index (χ0n) is 7.88. The summed E-state index contributed by atoms with van der Waals surface area (Å²) >= 11 is 7.16. The number of nitrogens with one attached hydrogen (secondary N) is 2. The van der Waals surface area contributed by atoms with Crippen molar-refractivity contribution in [2.45, 2.75) is 43.0 Å². The monoisotopic (exact) mass is 216 g/mol. The molecule has 0 radical (unpaired) electrons. The van der Waals surface area contributed by atoms with E-state index >= 15 is 0 Å². The van der Waals surface area contributed by atoms with Crippen LogP contribution in [0.25, 0.3) is 0 Å². The van der Waals surface area contributed by atoms with Crippen molar-refractivity contribution in [1.82, 2.24) is 10.6 Å². The molecule has 0 heterocycles. The molecule has 0 aromatic carbocycles. The zero-order valence-corrected chi connectivity index (χ0v) is 9.51. The summed E-state index contributed by atoms with van der Waals surface area (Å²) in [6.45, 7) is 0. The molecular formula is C9H16N2S2. The highest BCUT2D eigenvalue weighted by molar-refractivity contribution is 7.99. The Labute approximate surface area is 89.2 Å².